The zero-order valence-corrected chi connectivity index (χ0v) is 11.1. The third kappa shape index (κ3) is 4.04. The minimum absolute atomic E-state index is 0.0898. The monoisotopic (exact) mass is 264 g/mol. The van der Waals surface area contributed by atoms with Gasteiger partial charge in [-0.05, 0) is 24.8 Å². The molecule has 0 radical (unpaired) electrons. The molecule has 0 amide bonds. The van der Waals surface area contributed by atoms with Crippen LogP contribution in [0.25, 0.3) is 0 Å². The SMILES string of the molecule is COC(=O)[C@@H]1C[C@H](O)C[C@@H](OCc2ccccc2)C1. The molecule has 0 aliphatic heterocycles. The Hall–Kier alpha value is -1.39. The molecule has 2 rings (SSSR count). The molecule has 0 unspecified atom stereocenters. The maximum absolute atomic E-state index is 11.5. The summed E-state index contributed by atoms with van der Waals surface area (Å²) >= 11 is 0. The highest BCUT2D eigenvalue weighted by molar-refractivity contribution is 5.72. The van der Waals surface area contributed by atoms with E-state index in [1.54, 1.807) is 0 Å². The Bertz CT molecular complexity index is 404. The Morgan fingerprint density at radius 2 is 2.00 bits per heavy atom. The molecule has 3 atom stereocenters. The fraction of sp³-hybridized carbons (Fsp3) is 0.533. The van der Waals surface area contributed by atoms with Crippen LogP contribution in [-0.2, 0) is 20.9 Å². The first kappa shape index (κ1) is 14.0. The third-order valence-corrected chi connectivity index (χ3v) is 3.50. The molecule has 1 aromatic rings. The van der Waals surface area contributed by atoms with Crippen LogP contribution in [0.15, 0.2) is 30.3 Å². The van der Waals surface area contributed by atoms with E-state index < -0.39 is 6.10 Å². The first-order valence-electron chi connectivity index (χ1n) is 6.60. The van der Waals surface area contributed by atoms with Crippen LogP contribution in [0.3, 0.4) is 0 Å². The number of hydrogen-bond donors (Lipinski definition) is 1. The highest BCUT2D eigenvalue weighted by atomic mass is 16.5. The van der Waals surface area contributed by atoms with E-state index in [2.05, 4.69) is 0 Å². The minimum Gasteiger partial charge on any atom is -0.469 e. The lowest BCUT2D eigenvalue weighted by atomic mass is 9.85. The molecular weight excluding hydrogens is 244 g/mol. The normalized spacial score (nSPS) is 26.9. The largest absolute Gasteiger partial charge is 0.469 e. The second kappa shape index (κ2) is 6.68. The molecule has 104 valence electrons. The second-order valence-electron chi connectivity index (χ2n) is 5.00. The van der Waals surface area contributed by atoms with Gasteiger partial charge in [0.05, 0.1) is 31.8 Å². The Balaban J connectivity index is 1.87. The molecule has 1 fully saturated rings. The molecule has 0 aromatic heterocycles. The standard InChI is InChI=1S/C15H20O4/c1-18-15(17)12-7-13(16)9-14(8-12)19-10-11-5-3-2-4-6-11/h2-6,12-14,16H,7-10H2,1H3/t12-,13+,14+/m1/s1. The molecule has 0 spiro atoms. The summed E-state index contributed by atoms with van der Waals surface area (Å²) in [6, 6.07) is 9.88. The van der Waals surface area contributed by atoms with Crippen molar-refractivity contribution in [2.45, 2.75) is 38.1 Å². The van der Waals surface area contributed by atoms with Gasteiger partial charge in [-0.2, -0.15) is 0 Å². The van der Waals surface area contributed by atoms with E-state index in [0.29, 0.717) is 25.9 Å². The van der Waals surface area contributed by atoms with E-state index in [4.69, 9.17) is 9.47 Å². The van der Waals surface area contributed by atoms with E-state index in [9.17, 15) is 9.90 Å². The molecule has 1 aromatic carbocycles. The van der Waals surface area contributed by atoms with E-state index in [1.807, 2.05) is 30.3 Å². The molecule has 1 aliphatic carbocycles. The van der Waals surface area contributed by atoms with Crippen LogP contribution in [0, 0.1) is 5.92 Å². The van der Waals surface area contributed by atoms with Crippen molar-refractivity contribution in [1.82, 2.24) is 0 Å². The minimum atomic E-state index is -0.487. The molecule has 0 heterocycles. The highest BCUT2D eigenvalue weighted by Crippen LogP contribution is 2.28. The van der Waals surface area contributed by atoms with Gasteiger partial charge in [0.2, 0.25) is 0 Å². The Morgan fingerprint density at radius 1 is 1.26 bits per heavy atom. The number of benzene rings is 1. The summed E-state index contributed by atoms with van der Waals surface area (Å²) < 4.78 is 10.5. The van der Waals surface area contributed by atoms with Gasteiger partial charge in [-0.3, -0.25) is 4.79 Å². The number of hydrogen-bond acceptors (Lipinski definition) is 4. The molecule has 1 aliphatic rings. The van der Waals surface area contributed by atoms with Gasteiger partial charge < -0.3 is 14.6 Å². The lowest BCUT2D eigenvalue weighted by Gasteiger charge is -2.31. The lowest BCUT2D eigenvalue weighted by Crippen LogP contribution is -2.35. The predicted molar refractivity (Wildman–Crippen MR) is 70.4 cm³/mol. The predicted octanol–water partition coefficient (Wildman–Crippen LogP) is 1.91. The summed E-state index contributed by atoms with van der Waals surface area (Å²) in [5, 5.41) is 9.80. The Labute approximate surface area is 113 Å². The van der Waals surface area contributed by atoms with Gasteiger partial charge in [0.1, 0.15) is 0 Å². The summed E-state index contributed by atoms with van der Waals surface area (Å²) in [6.07, 6.45) is 1.10. The van der Waals surface area contributed by atoms with E-state index in [-0.39, 0.29) is 18.0 Å². The van der Waals surface area contributed by atoms with Gasteiger partial charge >= 0.3 is 5.97 Å². The topological polar surface area (TPSA) is 55.8 Å². The summed E-state index contributed by atoms with van der Waals surface area (Å²) in [4.78, 5) is 11.5. The average molecular weight is 264 g/mol. The molecule has 0 bridgehead atoms. The van der Waals surface area contributed by atoms with Crippen molar-refractivity contribution < 1.29 is 19.4 Å². The second-order valence-corrected chi connectivity index (χ2v) is 5.00. The summed E-state index contributed by atoms with van der Waals surface area (Å²) in [7, 11) is 1.38. The van der Waals surface area contributed by atoms with Crippen molar-refractivity contribution >= 4 is 5.97 Å². The van der Waals surface area contributed by atoms with Crippen molar-refractivity contribution in [3.63, 3.8) is 0 Å². The number of ether oxygens (including phenoxy) is 2. The fourth-order valence-electron chi connectivity index (χ4n) is 2.52. The molecule has 1 N–H and O–H groups in total. The Morgan fingerprint density at radius 3 is 2.68 bits per heavy atom. The lowest BCUT2D eigenvalue weighted by molar-refractivity contribution is -0.151. The van der Waals surface area contributed by atoms with Crippen LogP contribution >= 0.6 is 0 Å². The van der Waals surface area contributed by atoms with E-state index in [0.717, 1.165) is 5.56 Å². The van der Waals surface area contributed by atoms with Gasteiger partial charge in [-0.15, -0.1) is 0 Å². The third-order valence-electron chi connectivity index (χ3n) is 3.50. The number of aliphatic hydroxyl groups is 1. The van der Waals surface area contributed by atoms with Crippen molar-refractivity contribution in [3.05, 3.63) is 35.9 Å². The maximum atomic E-state index is 11.5. The van der Waals surface area contributed by atoms with Gasteiger partial charge in [0.25, 0.3) is 0 Å². The zero-order chi connectivity index (χ0) is 13.7. The van der Waals surface area contributed by atoms with Crippen molar-refractivity contribution in [3.8, 4) is 0 Å². The number of carbonyl (C=O) groups is 1. The van der Waals surface area contributed by atoms with Crippen molar-refractivity contribution in [1.29, 1.82) is 0 Å². The number of rotatable bonds is 4. The van der Waals surface area contributed by atoms with Crippen molar-refractivity contribution in [2.24, 2.45) is 5.92 Å². The fourth-order valence-corrected chi connectivity index (χ4v) is 2.52. The zero-order valence-electron chi connectivity index (χ0n) is 11.1. The van der Waals surface area contributed by atoms with Crippen LogP contribution in [-0.4, -0.2) is 30.4 Å². The van der Waals surface area contributed by atoms with Crippen LogP contribution in [0.5, 0.6) is 0 Å². The maximum Gasteiger partial charge on any atom is 0.308 e. The van der Waals surface area contributed by atoms with Crippen LogP contribution < -0.4 is 0 Å². The molecule has 4 heteroatoms. The number of esters is 1. The number of aliphatic hydroxyl groups excluding tert-OH is 1. The molecular formula is C15H20O4. The van der Waals surface area contributed by atoms with Crippen LogP contribution in [0.1, 0.15) is 24.8 Å². The number of carbonyl (C=O) groups excluding carboxylic acids is 1. The van der Waals surface area contributed by atoms with Gasteiger partial charge in [0, 0.05) is 0 Å². The molecule has 19 heavy (non-hydrogen) atoms. The van der Waals surface area contributed by atoms with Crippen LogP contribution in [0.2, 0.25) is 0 Å². The molecule has 0 saturated heterocycles. The van der Waals surface area contributed by atoms with Gasteiger partial charge in [0.15, 0.2) is 0 Å². The first-order chi connectivity index (χ1) is 9.19. The van der Waals surface area contributed by atoms with E-state index in [1.165, 1.54) is 7.11 Å². The number of methoxy groups -OCH3 is 1. The summed E-state index contributed by atoms with van der Waals surface area (Å²) in [5.74, 6) is -0.512. The van der Waals surface area contributed by atoms with Gasteiger partial charge in [-0.1, -0.05) is 30.3 Å². The molecule has 4 nitrogen and oxygen atoms in total. The Kier molecular flexibility index (Phi) is 4.93. The first-order valence-corrected chi connectivity index (χ1v) is 6.60. The van der Waals surface area contributed by atoms with E-state index >= 15 is 0 Å². The average Bonchev–Trinajstić information content (AvgIpc) is 2.45. The quantitative estimate of drug-likeness (QED) is 0.844. The van der Waals surface area contributed by atoms with Gasteiger partial charge in [-0.25, -0.2) is 0 Å². The smallest absolute Gasteiger partial charge is 0.308 e. The van der Waals surface area contributed by atoms with Crippen molar-refractivity contribution in [2.75, 3.05) is 7.11 Å². The molecule has 1 saturated carbocycles. The summed E-state index contributed by atoms with van der Waals surface area (Å²) in [6.45, 7) is 0.506. The highest BCUT2D eigenvalue weighted by Gasteiger charge is 2.33. The summed E-state index contributed by atoms with van der Waals surface area (Å²) in [5.41, 5.74) is 1.09. The van der Waals surface area contributed by atoms with Crippen LogP contribution in [0.4, 0.5) is 0 Å².